The highest BCUT2D eigenvalue weighted by Gasteiger charge is 2.90. The van der Waals surface area contributed by atoms with Crippen LogP contribution in [0.25, 0.3) is 0 Å². The third-order valence-corrected chi connectivity index (χ3v) is 4.56. The van der Waals surface area contributed by atoms with Crippen LogP contribution in [-0.4, -0.2) is 47.9 Å². The summed E-state index contributed by atoms with van der Waals surface area (Å²) in [4.78, 5) is 11.6. The van der Waals surface area contributed by atoms with Crippen LogP contribution in [0.5, 0.6) is 0 Å². The summed E-state index contributed by atoms with van der Waals surface area (Å²) in [7, 11) is 0. The van der Waals surface area contributed by atoms with Gasteiger partial charge in [-0.1, -0.05) is 20.8 Å². The van der Waals surface area contributed by atoms with Crippen molar-refractivity contribution in [3.63, 3.8) is 0 Å². The van der Waals surface area contributed by atoms with E-state index in [1.807, 2.05) is 0 Å². The molecule has 0 aromatic rings. The van der Waals surface area contributed by atoms with Crippen molar-refractivity contribution in [3.05, 3.63) is 0 Å². The van der Waals surface area contributed by atoms with Gasteiger partial charge < -0.3 is 4.74 Å². The second kappa shape index (κ2) is 7.04. The van der Waals surface area contributed by atoms with Crippen LogP contribution in [0.15, 0.2) is 0 Å². The van der Waals surface area contributed by atoms with Gasteiger partial charge in [0.2, 0.25) is 0 Å². The zero-order valence-electron chi connectivity index (χ0n) is 15.3. The number of halogens is 13. The Hall–Kier alpha value is -1.44. The Morgan fingerprint density at radius 2 is 1.13 bits per heavy atom. The summed E-state index contributed by atoms with van der Waals surface area (Å²) in [5.74, 6) is -41.0. The molecule has 0 aromatic heterocycles. The summed E-state index contributed by atoms with van der Waals surface area (Å²) in [6, 6.07) is 0. The highest BCUT2D eigenvalue weighted by Crippen LogP contribution is 2.61. The first-order chi connectivity index (χ1) is 12.8. The van der Waals surface area contributed by atoms with E-state index in [9.17, 15) is 61.9 Å². The highest BCUT2D eigenvalue weighted by molar-refractivity contribution is 5.74. The minimum absolute atomic E-state index is 0.728. The Bertz CT molecular complexity index is 660. The van der Waals surface area contributed by atoms with Crippen molar-refractivity contribution >= 4 is 5.97 Å². The van der Waals surface area contributed by atoms with Gasteiger partial charge in [0.05, 0.1) is 5.92 Å². The number of carbonyl (C=O) groups is 1. The summed E-state index contributed by atoms with van der Waals surface area (Å²) in [6.07, 6.45) is -11.9. The Balaban J connectivity index is 3.29. The zero-order valence-corrected chi connectivity index (χ0v) is 15.3. The van der Waals surface area contributed by atoms with Gasteiger partial charge in [-0.3, -0.25) is 4.79 Å². The van der Waals surface area contributed by atoms with Crippen LogP contribution in [0.3, 0.4) is 0 Å². The normalized spacial score (nSPS) is 23.0. The van der Waals surface area contributed by atoms with Gasteiger partial charge in [-0.2, -0.15) is 57.1 Å². The molecule has 2 atom stereocenters. The number of hydrogen-bond donors (Lipinski definition) is 0. The van der Waals surface area contributed by atoms with E-state index in [-0.39, 0.29) is 0 Å². The fourth-order valence-corrected chi connectivity index (χ4v) is 2.58. The summed E-state index contributed by atoms with van der Waals surface area (Å²) in [6.45, 7) is 4.27. The van der Waals surface area contributed by atoms with Crippen LogP contribution >= 0.6 is 0 Å². The number of alkyl halides is 13. The fourth-order valence-electron chi connectivity index (χ4n) is 2.58. The lowest BCUT2D eigenvalue weighted by Crippen LogP contribution is -2.70. The zero-order chi connectivity index (χ0) is 24.4. The van der Waals surface area contributed by atoms with E-state index in [0.29, 0.717) is 0 Å². The van der Waals surface area contributed by atoms with Crippen molar-refractivity contribution in [2.75, 3.05) is 0 Å². The number of ether oxygens (including phenoxy) is 1. The minimum Gasteiger partial charge on any atom is -0.462 e. The van der Waals surface area contributed by atoms with Gasteiger partial charge in [-0.05, 0) is 11.8 Å². The van der Waals surface area contributed by atoms with Crippen molar-refractivity contribution in [1.29, 1.82) is 0 Å². The predicted molar refractivity (Wildman–Crippen MR) is 72.8 cm³/mol. The summed E-state index contributed by atoms with van der Waals surface area (Å²) in [5.41, 5.74) is -0.923. The molecular weight excluding hydrogens is 459 g/mol. The van der Waals surface area contributed by atoms with Gasteiger partial charge in [0, 0.05) is 6.42 Å². The summed E-state index contributed by atoms with van der Waals surface area (Å²) < 4.78 is 175. The molecule has 0 saturated carbocycles. The number of rotatable bonds is 6. The average molecular weight is 474 g/mol. The molecule has 0 N–H and O–H groups in total. The molecule has 30 heavy (non-hydrogen) atoms. The van der Waals surface area contributed by atoms with Crippen molar-refractivity contribution in [3.8, 4) is 0 Å². The van der Waals surface area contributed by atoms with Gasteiger partial charge in [0.15, 0.2) is 0 Å². The van der Waals surface area contributed by atoms with Gasteiger partial charge in [0.25, 0.3) is 0 Å². The molecule has 1 aliphatic heterocycles. The third-order valence-electron chi connectivity index (χ3n) is 4.56. The molecule has 1 saturated heterocycles. The largest absolute Gasteiger partial charge is 0.462 e. The van der Waals surface area contributed by atoms with Crippen LogP contribution in [0, 0.1) is 11.3 Å². The maximum absolute atomic E-state index is 13.9. The van der Waals surface area contributed by atoms with Gasteiger partial charge in [-0.15, -0.1) is 0 Å². The number of hydrogen-bond acceptors (Lipinski definition) is 2. The van der Waals surface area contributed by atoms with E-state index in [2.05, 4.69) is 4.74 Å². The third kappa shape index (κ3) is 3.92. The number of cyclic esters (lactones) is 1. The second-order valence-corrected chi connectivity index (χ2v) is 7.93. The number of esters is 1. The smallest absolute Gasteiger partial charge is 0.460 e. The molecule has 0 unspecified atom stereocenters. The predicted octanol–water partition coefficient (Wildman–Crippen LogP) is 6.09. The van der Waals surface area contributed by atoms with Crippen molar-refractivity contribution in [2.24, 2.45) is 11.3 Å². The molecule has 0 amide bonds. The lowest BCUT2D eigenvalue weighted by Gasteiger charge is -2.40. The lowest BCUT2D eigenvalue weighted by molar-refractivity contribution is -0.440. The Morgan fingerprint density at radius 1 is 0.733 bits per heavy atom. The van der Waals surface area contributed by atoms with E-state index in [1.54, 1.807) is 0 Å². The topological polar surface area (TPSA) is 26.3 Å². The first-order valence-corrected chi connectivity index (χ1v) is 8.01. The van der Waals surface area contributed by atoms with E-state index < -0.39 is 72.0 Å². The van der Waals surface area contributed by atoms with Crippen LogP contribution in [0.2, 0.25) is 0 Å². The molecule has 0 bridgehead atoms. The molecule has 1 heterocycles. The molecule has 178 valence electrons. The summed E-state index contributed by atoms with van der Waals surface area (Å²) >= 11 is 0. The number of carbonyl (C=O) groups excluding carboxylic acids is 1. The standard InChI is InChI=1S/C15H15F13O2/c1-9(2,3)7-4-6(8(29)30-7)5-10(16,17)11(18,19)12(20,21)13(22,23)14(24,25)15(26,27)28/h6-7H,4-5H2,1-3H3/t6-,7+/m1/s1. The summed E-state index contributed by atoms with van der Waals surface area (Å²) in [5, 5.41) is 0. The molecular formula is C15H15F13O2. The van der Waals surface area contributed by atoms with E-state index in [4.69, 9.17) is 0 Å². The van der Waals surface area contributed by atoms with E-state index in [0.717, 1.165) is 0 Å². The average Bonchev–Trinajstić information content (AvgIpc) is 2.85. The maximum Gasteiger partial charge on any atom is 0.460 e. The molecule has 0 radical (unpaired) electrons. The molecule has 1 fully saturated rings. The van der Waals surface area contributed by atoms with Crippen LogP contribution in [0.4, 0.5) is 57.1 Å². The monoisotopic (exact) mass is 474 g/mol. The Kier molecular flexibility index (Phi) is 6.24. The Labute approximate surface area is 160 Å². The molecule has 0 aromatic carbocycles. The van der Waals surface area contributed by atoms with Crippen LogP contribution in [0.1, 0.15) is 33.6 Å². The first kappa shape index (κ1) is 26.6. The minimum atomic E-state index is -7.95. The van der Waals surface area contributed by atoms with Crippen molar-refractivity contribution in [1.82, 2.24) is 0 Å². The fraction of sp³-hybridized carbons (Fsp3) is 0.933. The highest BCUT2D eigenvalue weighted by atomic mass is 19.4. The lowest BCUT2D eigenvalue weighted by atomic mass is 9.82. The Morgan fingerprint density at radius 3 is 1.47 bits per heavy atom. The molecule has 1 rings (SSSR count). The SMILES string of the molecule is CC(C)(C)[C@@H]1C[C@H](CC(F)(F)C(F)(F)C(F)(F)C(F)(F)C(F)(F)C(F)(F)F)C(=O)O1. The van der Waals surface area contributed by atoms with Crippen LogP contribution in [-0.2, 0) is 9.53 Å². The van der Waals surface area contributed by atoms with Gasteiger partial charge in [-0.25, -0.2) is 0 Å². The quantitative estimate of drug-likeness (QED) is 0.344. The van der Waals surface area contributed by atoms with Gasteiger partial charge >= 0.3 is 41.8 Å². The molecule has 15 heteroatoms. The first-order valence-electron chi connectivity index (χ1n) is 8.01. The second-order valence-electron chi connectivity index (χ2n) is 7.93. The van der Waals surface area contributed by atoms with Crippen molar-refractivity contribution in [2.45, 2.75) is 75.5 Å². The molecule has 2 nitrogen and oxygen atoms in total. The molecule has 0 spiro atoms. The molecule has 1 aliphatic rings. The molecule has 0 aliphatic carbocycles. The van der Waals surface area contributed by atoms with E-state index >= 15 is 0 Å². The maximum atomic E-state index is 13.9. The van der Waals surface area contributed by atoms with Crippen molar-refractivity contribution < 1.29 is 66.6 Å². The van der Waals surface area contributed by atoms with E-state index in [1.165, 1.54) is 20.8 Å². The van der Waals surface area contributed by atoms with Crippen LogP contribution < -0.4 is 0 Å². The van der Waals surface area contributed by atoms with Gasteiger partial charge in [0.1, 0.15) is 6.10 Å².